The molecule has 0 spiro atoms. The van der Waals surface area contributed by atoms with Crippen molar-refractivity contribution < 1.29 is 43.2 Å². The molecule has 8 atom stereocenters. The highest BCUT2D eigenvalue weighted by atomic mass is 16.7. The largest absolute Gasteiger partial charge is 0.485 e. The number of ether oxygens (including phenoxy) is 5. The van der Waals surface area contributed by atoms with Gasteiger partial charge < -0.3 is 28.8 Å². The number of methoxy groups -OCH3 is 1. The van der Waals surface area contributed by atoms with E-state index in [9.17, 15) is 19.5 Å². The van der Waals surface area contributed by atoms with Crippen LogP contribution in [0, 0.1) is 28.1 Å². The van der Waals surface area contributed by atoms with Gasteiger partial charge in [0.15, 0.2) is 11.4 Å². The molecule has 0 unspecified atom stereocenters. The highest BCUT2D eigenvalue weighted by molar-refractivity contribution is 5.89. The zero-order valence-electron chi connectivity index (χ0n) is 21.1. The van der Waals surface area contributed by atoms with Crippen molar-refractivity contribution in [1.29, 1.82) is 0 Å². The molecule has 35 heavy (non-hydrogen) atoms. The molecule has 0 aromatic heterocycles. The molecule has 1 N–H and O–H groups in total. The highest BCUT2D eigenvalue weighted by Crippen LogP contribution is 2.77. The van der Waals surface area contributed by atoms with Gasteiger partial charge in [-0.25, -0.2) is 0 Å². The van der Waals surface area contributed by atoms with Gasteiger partial charge in [0.05, 0.1) is 24.9 Å². The van der Waals surface area contributed by atoms with Crippen molar-refractivity contribution in [1.82, 2.24) is 0 Å². The maximum Gasteiger partial charge on any atom is 0.320 e. The van der Waals surface area contributed by atoms with E-state index < -0.39 is 63.7 Å². The summed E-state index contributed by atoms with van der Waals surface area (Å²) in [6.07, 6.45) is -1.01. The number of carbonyl (C=O) groups excluding carboxylic acids is 3. The van der Waals surface area contributed by atoms with Gasteiger partial charge in [-0.2, -0.15) is 0 Å². The molecule has 2 bridgehead atoms. The molecule has 3 saturated heterocycles. The summed E-state index contributed by atoms with van der Waals surface area (Å²) >= 11 is 0. The van der Waals surface area contributed by atoms with Gasteiger partial charge >= 0.3 is 17.9 Å². The van der Waals surface area contributed by atoms with Gasteiger partial charge in [0.25, 0.3) is 0 Å². The van der Waals surface area contributed by atoms with E-state index in [1.54, 1.807) is 20.8 Å². The summed E-state index contributed by atoms with van der Waals surface area (Å²) < 4.78 is 29.9. The number of rotatable bonds is 2. The van der Waals surface area contributed by atoms with E-state index in [0.29, 0.717) is 24.2 Å². The average molecular weight is 489 g/mol. The Morgan fingerprint density at radius 2 is 1.80 bits per heavy atom. The van der Waals surface area contributed by atoms with Crippen LogP contribution in [-0.4, -0.2) is 53.7 Å². The molecule has 0 aromatic carbocycles. The Morgan fingerprint density at radius 1 is 1.11 bits per heavy atom. The molecule has 6 aliphatic rings. The van der Waals surface area contributed by atoms with E-state index in [-0.39, 0.29) is 18.1 Å². The maximum atomic E-state index is 14.0. The molecule has 4 heterocycles. The van der Waals surface area contributed by atoms with E-state index in [4.69, 9.17) is 23.7 Å². The van der Waals surface area contributed by atoms with Gasteiger partial charge in [0, 0.05) is 5.41 Å². The average Bonchev–Trinajstić information content (AvgIpc) is 3.24. The summed E-state index contributed by atoms with van der Waals surface area (Å²) in [5.74, 6) is -1.74. The van der Waals surface area contributed by atoms with Gasteiger partial charge in [-0.05, 0) is 59.0 Å². The summed E-state index contributed by atoms with van der Waals surface area (Å²) in [5.41, 5.74) is -4.64. The number of aliphatic hydroxyl groups is 1. The summed E-state index contributed by atoms with van der Waals surface area (Å²) in [4.78, 5) is 40.2. The van der Waals surface area contributed by atoms with Crippen molar-refractivity contribution in [2.45, 2.75) is 84.4 Å². The third kappa shape index (κ3) is 2.16. The van der Waals surface area contributed by atoms with E-state index >= 15 is 0 Å². The van der Waals surface area contributed by atoms with Crippen LogP contribution in [0.4, 0.5) is 0 Å². The predicted molar refractivity (Wildman–Crippen MR) is 118 cm³/mol. The van der Waals surface area contributed by atoms with Gasteiger partial charge in [0.2, 0.25) is 6.29 Å². The molecule has 0 amide bonds. The minimum absolute atomic E-state index is 0.00916. The molecule has 9 nitrogen and oxygen atoms in total. The van der Waals surface area contributed by atoms with Crippen LogP contribution >= 0.6 is 0 Å². The predicted octanol–water partition coefficient (Wildman–Crippen LogP) is 2.51. The number of hydrogen-bond acceptors (Lipinski definition) is 9. The Labute approximate surface area is 203 Å². The molecule has 6 rings (SSSR count). The van der Waals surface area contributed by atoms with Crippen molar-refractivity contribution in [2.24, 2.45) is 28.1 Å². The fraction of sp³-hybridized carbons (Fsp3) is 0.731. The SMILES string of the molecule is COC(=O)[C@]12C3=C(C)O[C@@H]4OC(=O)[C@](C)(C[C@H]5C(C)=C6CC(=O)O[C@@]6(C(C)(C)O)[C@@H](C[C@@]51C)O3)[C@@H]42. The van der Waals surface area contributed by atoms with Gasteiger partial charge in [0.1, 0.15) is 22.9 Å². The summed E-state index contributed by atoms with van der Waals surface area (Å²) in [5, 5.41) is 11.5. The highest BCUT2D eigenvalue weighted by Gasteiger charge is 2.84. The van der Waals surface area contributed by atoms with Crippen LogP contribution < -0.4 is 0 Å². The van der Waals surface area contributed by atoms with Crippen LogP contribution in [0.5, 0.6) is 0 Å². The molecule has 1 saturated carbocycles. The van der Waals surface area contributed by atoms with Crippen molar-refractivity contribution >= 4 is 17.9 Å². The first kappa shape index (κ1) is 22.9. The molecule has 4 fully saturated rings. The van der Waals surface area contributed by atoms with Crippen LogP contribution in [0.15, 0.2) is 22.7 Å². The fourth-order valence-corrected chi connectivity index (χ4v) is 8.77. The second-order valence-electron chi connectivity index (χ2n) is 12.1. The minimum atomic E-state index is -1.49. The number of fused-ring (bicyclic) bond motifs is 3. The van der Waals surface area contributed by atoms with Crippen LogP contribution in [0.1, 0.15) is 60.8 Å². The zero-order valence-corrected chi connectivity index (χ0v) is 21.1. The maximum absolute atomic E-state index is 14.0. The first-order valence-corrected chi connectivity index (χ1v) is 12.2. The Balaban J connectivity index is 1.75. The van der Waals surface area contributed by atoms with Gasteiger partial charge in [-0.1, -0.05) is 12.5 Å². The smallest absolute Gasteiger partial charge is 0.320 e. The Bertz CT molecular complexity index is 1160. The first-order chi connectivity index (χ1) is 16.2. The van der Waals surface area contributed by atoms with Crippen LogP contribution in [0.25, 0.3) is 0 Å². The molecular formula is C26H32O9. The van der Waals surface area contributed by atoms with E-state index in [1.165, 1.54) is 7.11 Å². The second kappa shape index (κ2) is 6.22. The number of esters is 3. The lowest BCUT2D eigenvalue weighted by Gasteiger charge is -2.65. The third-order valence-corrected chi connectivity index (χ3v) is 10.2. The topological polar surface area (TPSA) is 118 Å². The molecule has 9 heteroatoms. The van der Waals surface area contributed by atoms with Crippen LogP contribution in [0.2, 0.25) is 0 Å². The van der Waals surface area contributed by atoms with E-state index in [2.05, 4.69) is 0 Å². The Morgan fingerprint density at radius 3 is 2.43 bits per heavy atom. The summed E-state index contributed by atoms with van der Waals surface area (Å²) in [6, 6.07) is 0. The quantitative estimate of drug-likeness (QED) is 0.355. The normalized spacial score (nSPS) is 47.3. The second-order valence-corrected chi connectivity index (χ2v) is 12.1. The van der Waals surface area contributed by atoms with Crippen molar-refractivity contribution in [3.63, 3.8) is 0 Å². The lowest BCUT2D eigenvalue weighted by atomic mass is 9.39. The summed E-state index contributed by atoms with van der Waals surface area (Å²) in [6.45, 7) is 10.7. The lowest BCUT2D eigenvalue weighted by molar-refractivity contribution is -0.272. The van der Waals surface area contributed by atoms with E-state index in [0.717, 1.165) is 5.57 Å². The molecule has 0 radical (unpaired) electrons. The molecular weight excluding hydrogens is 456 g/mol. The minimum Gasteiger partial charge on any atom is -0.485 e. The van der Waals surface area contributed by atoms with Gasteiger partial charge in [-0.15, -0.1) is 0 Å². The van der Waals surface area contributed by atoms with Crippen LogP contribution in [-0.2, 0) is 38.1 Å². The third-order valence-electron chi connectivity index (χ3n) is 10.2. The Kier molecular flexibility index (Phi) is 4.07. The number of carbonyl (C=O) groups is 3. The zero-order chi connectivity index (χ0) is 25.5. The summed E-state index contributed by atoms with van der Waals surface area (Å²) in [7, 11) is 1.34. The molecule has 0 aromatic rings. The first-order valence-electron chi connectivity index (χ1n) is 12.2. The van der Waals surface area contributed by atoms with Crippen LogP contribution in [0.3, 0.4) is 0 Å². The van der Waals surface area contributed by atoms with Crippen molar-refractivity contribution in [3.8, 4) is 0 Å². The standard InChI is InChI=1S/C26H32O9/c1-11-13-8-16(27)35-26(13,22(3,4)30)15-10-24(6)14(11)9-23(5)17-19(34-20(23)28)32-12(2)18(33-15)25(17,24)21(29)31-7/h14-15,17,19,30H,8-10H2,1-7H3/t14-,15+,17+,19+,23+,24-,25-,26+/m0/s1. The fourth-order valence-electron chi connectivity index (χ4n) is 8.77. The number of hydrogen-bond donors (Lipinski definition) is 1. The Hall–Kier alpha value is -2.55. The molecule has 2 aliphatic carbocycles. The van der Waals surface area contributed by atoms with Crippen molar-refractivity contribution in [3.05, 3.63) is 22.7 Å². The lowest BCUT2D eigenvalue weighted by Crippen LogP contribution is -2.71. The van der Waals surface area contributed by atoms with Crippen molar-refractivity contribution in [2.75, 3.05) is 7.11 Å². The molecule has 190 valence electrons. The van der Waals surface area contributed by atoms with Gasteiger partial charge in [-0.3, -0.25) is 14.4 Å². The molecule has 4 aliphatic heterocycles. The number of allylic oxidation sites excluding steroid dienone is 2. The monoisotopic (exact) mass is 488 g/mol. The van der Waals surface area contributed by atoms with E-state index in [1.807, 2.05) is 20.8 Å².